The van der Waals surface area contributed by atoms with Crippen LogP contribution in [0, 0.1) is 0 Å². The van der Waals surface area contributed by atoms with Gasteiger partial charge >= 0.3 is 0 Å². The first-order chi connectivity index (χ1) is 7.77. The van der Waals surface area contributed by atoms with Crippen molar-refractivity contribution < 1.29 is 4.48 Å². The smallest absolute Gasteiger partial charge is 0.106 e. The minimum absolute atomic E-state index is 0.933. The van der Waals surface area contributed by atoms with Crippen LogP contribution in [0.5, 0.6) is 0 Å². The second kappa shape index (κ2) is 4.02. The van der Waals surface area contributed by atoms with Gasteiger partial charge in [-0.2, -0.15) is 0 Å². The van der Waals surface area contributed by atoms with Crippen molar-refractivity contribution in [3.63, 3.8) is 0 Å². The van der Waals surface area contributed by atoms with Gasteiger partial charge in [0.05, 0.1) is 19.6 Å². The molecule has 0 aliphatic carbocycles. The first kappa shape index (κ1) is 10.6. The highest BCUT2D eigenvalue weighted by Gasteiger charge is 2.38. The summed E-state index contributed by atoms with van der Waals surface area (Å²) < 4.78 is 1.25. The second-order valence-electron chi connectivity index (χ2n) is 5.10. The number of piperazine rings is 3. The van der Waals surface area contributed by atoms with Gasteiger partial charge in [-0.25, -0.2) is 0 Å². The van der Waals surface area contributed by atoms with Crippen LogP contribution in [-0.2, 0) is 6.54 Å². The maximum atomic E-state index is 6.25. The van der Waals surface area contributed by atoms with Crippen molar-refractivity contribution in [1.29, 1.82) is 0 Å². The molecule has 4 rings (SSSR count). The summed E-state index contributed by atoms with van der Waals surface area (Å²) in [5.41, 5.74) is 1.32. The summed E-state index contributed by atoms with van der Waals surface area (Å²) in [5, 5.41) is 0.933. The molecule has 0 amide bonds. The topological polar surface area (TPSA) is 3.24 Å². The molecule has 0 saturated carbocycles. The SMILES string of the molecule is Clc1ccccc1C[N+]12CCN(CC1)CC2. The maximum Gasteiger partial charge on any atom is 0.106 e. The summed E-state index contributed by atoms with van der Waals surface area (Å²) >= 11 is 6.25. The highest BCUT2D eigenvalue weighted by Crippen LogP contribution is 2.26. The van der Waals surface area contributed by atoms with Crippen LogP contribution in [0.4, 0.5) is 0 Å². The summed E-state index contributed by atoms with van der Waals surface area (Å²) in [6, 6.07) is 8.30. The quantitative estimate of drug-likeness (QED) is 0.712. The molecule has 3 saturated heterocycles. The van der Waals surface area contributed by atoms with Crippen LogP contribution in [-0.4, -0.2) is 48.7 Å². The Kier molecular flexibility index (Phi) is 2.66. The summed E-state index contributed by atoms with van der Waals surface area (Å²) in [5.74, 6) is 0. The maximum absolute atomic E-state index is 6.25. The number of fused-ring (bicyclic) bond motifs is 3. The molecule has 2 bridgehead atoms. The van der Waals surface area contributed by atoms with Crippen LogP contribution in [0.25, 0.3) is 0 Å². The van der Waals surface area contributed by atoms with E-state index in [9.17, 15) is 0 Å². The van der Waals surface area contributed by atoms with E-state index in [0.717, 1.165) is 11.6 Å². The lowest BCUT2D eigenvalue weighted by Gasteiger charge is -2.50. The van der Waals surface area contributed by atoms with E-state index in [2.05, 4.69) is 17.0 Å². The van der Waals surface area contributed by atoms with E-state index in [1.165, 1.54) is 49.3 Å². The van der Waals surface area contributed by atoms with Crippen molar-refractivity contribution in [2.45, 2.75) is 6.54 Å². The molecule has 0 atom stereocenters. The van der Waals surface area contributed by atoms with E-state index < -0.39 is 0 Å². The first-order valence-corrected chi connectivity index (χ1v) is 6.46. The summed E-state index contributed by atoms with van der Waals surface area (Å²) in [6.07, 6.45) is 0. The second-order valence-corrected chi connectivity index (χ2v) is 5.51. The fraction of sp³-hybridized carbons (Fsp3) is 0.538. The van der Waals surface area contributed by atoms with Gasteiger partial charge in [0, 0.05) is 30.2 Å². The van der Waals surface area contributed by atoms with E-state index in [-0.39, 0.29) is 0 Å². The van der Waals surface area contributed by atoms with E-state index in [1.54, 1.807) is 0 Å². The van der Waals surface area contributed by atoms with Crippen LogP contribution in [0.2, 0.25) is 5.02 Å². The number of halogens is 1. The Morgan fingerprint density at radius 3 is 2.31 bits per heavy atom. The monoisotopic (exact) mass is 237 g/mol. The number of benzene rings is 1. The summed E-state index contributed by atoms with van der Waals surface area (Å²) in [6.45, 7) is 8.81. The van der Waals surface area contributed by atoms with E-state index in [4.69, 9.17) is 11.6 Å². The lowest BCUT2D eigenvalue weighted by molar-refractivity contribution is -0.953. The highest BCUT2D eigenvalue weighted by molar-refractivity contribution is 6.31. The molecule has 0 spiro atoms. The van der Waals surface area contributed by atoms with Gasteiger partial charge in [-0.1, -0.05) is 29.8 Å². The van der Waals surface area contributed by atoms with Gasteiger partial charge in [0.1, 0.15) is 6.54 Å². The van der Waals surface area contributed by atoms with Crippen molar-refractivity contribution >= 4 is 11.6 Å². The molecule has 1 aromatic carbocycles. The fourth-order valence-electron chi connectivity index (χ4n) is 2.96. The van der Waals surface area contributed by atoms with E-state index in [1.807, 2.05) is 12.1 Å². The highest BCUT2D eigenvalue weighted by atomic mass is 35.5. The van der Waals surface area contributed by atoms with Crippen molar-refractivity contribution in [1.82, 2.24) is 4.90 Å². The largest absolute Gasteiger partial charge is 0.317 e. The first-order valence-electron chi connectivity index (χ1n) is 6.08. The summed E-state index contributed by atoms with van der Waals surface area (Å²) in [4.78, 5) is 2.58. The lowest BCUT2D eigenvalue weighted by atomic mass is 10.1. The molecule has 0 radical (unpaired) electrons. The zero-order valence-electron chi connectivity index (χ0n) is 9.53. The third-order valence-electron chi connectivity index (χ3n) is 4.14. The Hall–Kier alpha value is -0.570. The van der Waals surface area contributed by atoms with Gasteiger partial charge in [-0.05, 0) is 6.07 Å². The Bertz CT molecular complexity index is 369. The molecular weight excluding hydrogens is 220 g/mol. The predicted octanol–water partition coefficient (Wildman–Crippen LogP) is 1.99. The molecule has 3 heterocycles. The van der Waals surface area contributed by atoms with Crippen molar-refractivity contribution in [2.75, 3.05) is 39.3 Å². The zero-order chi connectivity index (χ0) is 11.0. The number of hydrogen-bond donors (Lipinski definition) is 0. The Labute approximate surface area is 102 Å². The van der Waals surface area contributed by atoms with E-state index >= 15 is 0 Å². The molecule has 0 unspecified atom stereocenters. The van der Waals surface area contributed by atoms with Crippen molar-refractivity contribution in [3.05, 3.63) is 34.9 Å². The van der Waals surface area contributed by atoms with E-state index in [0.29, 0.717) is 0 Å². The molecular formula is C13H18ClN2+. The van der Waals surface area contributed by atoms with Crippen LogP contribution in [0.3, 0.4) is 0 Å². The summed E-state index contributed by atoms with van der Waals surface area (Å²) in [7, 11) is 0. The van der Waals surface area contributed by atoms with Crippen molar-refractivity contribution in [2.24, 2.45) is 0 Å². The van der Waals surface area contributed by atoms with Gasteiger partial charge < -0.3 is 4.48 Å². The average molecular weight is 238 g/mol. The molecule has 86 valence electrons. The average Bonchev–Trinajstić information content (AvgIpc) is 2.34. The third-order valence-corrected chi connectivity index (χ3v) is 4.50. The predicted molar refractivity (Wildman–Crippen MR) is 66.5 cm³/mol. The van der Waals surface area contributed by atoms with Gasteiger partial charge in [0.2, 0.25) is 0 Å². The van der Waals surface area contributed by atoms with Crippen molar-refractivity contribution in [3.8, 4) is 0 Å². The van der Waals surface area contributed by atoms with Gasteiger partial charge in [-0.15, -0.1) is 0 Å². The van der Waals surface area contributed by atoms with Crippen LogP contribution in [0.15, 0.2) is 24.3 Å². The van der Waals surface area contributed by atoms with Crippen LogP contribution < -0.4 is 0 Å². The molecule has 2 nitrogen and oxygen atoms in total. The molecule has 0 aromatic heterocycles. The van der Waals surface area contributed by atoms with Crippen LogP contribution >= 0.6 is 11.6 Å². The normalized spacial score (nSPS) is 32.9. The minimum Gasteiger partial charge on any atom is -0.317 e. The van der Waals surface area contributed by atoms with Gasteiger partial charge in [0.15, 0.2) is 0 Å². The third kappa shape index (κ3) is 1.86. The van der Waals surface area contributed by atoms with Crippen LogP contribution in [0.1, 0.15) is 5.56 Å². The number of hydrogen-bond acceptors (Lipinski definition) is 1. The van der Waals surface area contributed by atoms with Gasteiger partial charge in [-0.3, -0.25) is 4.90 Å². The molecule has 3 aliphatic rings. The molecule has 1 aromatic rings. The molecule has 3 heteroatoms. The van der Waals surface area contributed by atoms with Gasteiger partial charge in [0.25, 0.3) is 0 Å². The lowest BCUT2D eigenvalue weighted by Crippen LogP contribution is -2.66. The number of nitrogens with zero attached hydrogens (tertiary/aromatic N) is 2. The standard InChI is InChI=1S/C13H18ClN2/c14-13-4-2-1-3-12(13)11-16-8-5-15(6-9-16)7-10-16/h1-4H,5-11H2/q+1. The number of rotatable bonds is 2. The fourth-order valence-corrected chi connectivity index (χ4v) is 3.15. The molecule has 3 aliphatic heterocycles. The molecule has 16 heavy (non-hydrogen) atoms. The Morgan fingerprint density at radius 2 is 1.69 bits per heavy atom. The Morgan fingerprint density at radius 1 is 1.06 bits per heavy atom. The number of quaternary nitrogens is 1. The molecule has 3 fully saturated rings. The minimum atomic E-state index is 0.933. The zero-order valence-corrected chi connectivity index (χ0v) is 10.3. The Balaban J connectivity index is 1.81. The molecule has 0 N–H and O–H groups in total.